The summed E-state index contributed by atoms with van der Waals surface area (Å²) < 4.78 is 1.91. The number of rotatable bonds is 4. The summed E-state index contributed by atoms with van der Waals surface area (Å²) in [6.45, 7) is 3.85. The summed E-state index contributed by atoms with van der Waals surface area (Å²) in [7, 11) is 0. The average Bonchev–Trinajstić information content (AvgIpc) is 3.07. The number of carbonyl (C=O) groups is 2. The highest BCUT2D eigenvalue weighted by Crippen LogP contribution is 2.25. The van der Waals surface area contributed by atoms with Gasteiger partial charge in [0.15, 0.2) is 5.78 Å². The first-order valence-corrected chi connectivity index (χ1v) is 7.95. The van der Waals surface area contributed by atoms with Crippen LogP contribution in [0.1, 0.15) is 48.5 Å². The number of aryl methyl sites for hydroxylation is 1. The van der Waals surface area contributed by atoms with Gasteiger partial charge >= 0.3 is 0 Å². The molecule has 1 heterocycles. The van der Waals surface area contributed by atoms with Gasteiger partial charge in [0, 0.05) is 23.2 Å². The molecule has 1 aromatic carbocycles. The topological polar surface area (TPSA) is 51.1 Å². The molecule has 116 valence electrons. The number of hydrogen-bond donors (Lipinski definition) is 1. The second-order valence-corrected chi connectivity index (χ2v) is 6.25. The Kier molecular flexibility index (Phi) is 4.01. The van der Waals surface area contributed by atoms with Crippen molar-refractivity contribution in [1.82, 2.24) is 9.88 Å². The van der Waals surface area contributed by atoms with Crippen molar-refractivity contribution < 1.29 is 9.59 Å². The van der Waals surface area contributed by atoms with Crippen LogP contribution in [0.2, 0.25) is 0 Å². The molecule has 1 saturated carbocycles. The zero-order valence-corrected chi connectivity index (χ0v) is 13.2. The van der Waals surface area contributed by atoms with E-state index in [1.807, 2.05) is 35.9 Å². The van der Waals surface area contributed by atoms with Crippen molar-refractivity contribution in [2.24, 2.45) is 0 Å². The second kappa shape index (κ2) is 5.95. The highest BCUT2D eigenvalue weighted by Gasteiger charge is 2.19. The van der Waals surface area contributed by atoms with E-state index in [4.69, 9.17) is 0 Å². The van der Waals surface area contributed by atoms with Gasteiger partial charge in [0.2, 0.25) is 5.91 Å². The van der Waals surface area contributed by atoms with Gasteiger partial charge in [-0.1, -0.05) is 31.0 Å². The Morgan fingerprint density at radius 3 is 2.68 bits per heavy atom. The van der Waals surface area contributed by atoms with Gasteiger partial charge in [0.25, 0.3) is 0 Å². The maximum atomic E-state index is 12.3. The Morgan fingerprint density at radius 1 is 1.27 bits per heavy atom. The van der Waals surface area contributed by atoms with E-state index in [2.05, 4.69) is 5.32 Å². The van der Waals surface area contributed by atoms with Crippen LogP contribution >= 0.6 is 0 Å². The number of amides is 1. The summed E-state index contributed by atoms with van der Waals surface area (Å²) in [6, 6.07) is 6.23. The lowest BCUT2D eigenvalue weighted by Crippen LogP contribution is -2.35. The highest BCUT2D eigenvalue weighted by molar-refractivity contribution is 6.07. The van der Waals surface area contributed by atoms with E-state index in [0.29, 0.717) is 11.6 Å². The Hall–Kier alpha value is -2.10. The first kappa shape index (κ1) is 14.8. The first-order valence-electron chi connectivity index (χ1n) is 7.95. The summed E-state index contributed by atoms with van der Waals surface area (Å²) in [4.78, 5) is 24.1. The fourth-order valence-electron chi connectivity index (χ4n) is 3.45. The van der Waals surface area contributed by atoms with Crippen molar-refractivity contribution in [2.45, 2.75) is 52.1 Å². The Balaban J connectivity index is 1.89. The number of Topliss-reactive ketones (excluding diaryl/α,β-unsaturated/α-hetero) is 1. The summed E-state index contributed by atoms with van der Waals surface area (Å²) in [5.74, 6) is 0.0627. The van der Waals surface area contributed by atoms with Gasteiger partial charge in [0.05, 0.1) is 5.52 Å². The van der Waals surface area contributed by atoms with Gasteiger partial charge in [-0.2, -0.15) is 0 Å². The Bertz CT molecular complexity index is 724. The summed E-state index contributed by atoms with van der Waals surface area (Å²) in [6.07, 6.45) is 6.37. The molecule has 1 aliphatic rings. The molecule has 0 bridgehead atoms. The van der Waals surface area contributed by atoms with Crippen LogP contribution in [0.4, 0.5) is 0 Å². The maximum Gasteiger partial charge on any atom is 0.240 e. The van der Waals surface area contributed by atoms with Crippen LogP contribution in [0, 0.1) is 6.92 Å². The highest BCUT2D eigenvalue weighted by atomic mass is 16.2. The Labute approximate surface area is 130 Å². The van der Waals surface area contributed by atoms with E-state index in [-0.39, 0.29) is 18.2 Å². The number of benzene rings is 1. The number of nitrogens with zero attached hydrogens (tertiary/aromatic N) is 1. The fourth-order valence-corrected chi connectivity index (χ4v) is 3.45. The lowest BCUT2D eigenvalue weighted by molar-refractivity contribution is -0.122. The molecule has 1 aromatic heterocycles. The van der Waals surface area contributed by atoms with Gasteiger partial charge in [-0.3, -0.25) is 9.59 Å². The minimum Gasteiger partial charge on any atom is -0.352 e. The van der Waals surface area contributed by atoms with Crippen molar-refractivity contribution >= 4 is 22.6 Å². The maximum absolute atomic E-state index is 12.3. The number of fused-ring (bicyclic) bond motifs is 1. The van der Waals surface area contributed by atoms with E-state index >= 15 is 0 Å². The molecule has 1 fully saturated rings. The third kappa shape index (κ3) is 2.78. The molecule has 0 spiro atoms. The predicted octanol–water partition coefficient (Wildman–Crippen LogP) is 3.21. The molecule has 0 atom stereocenters. The summed E-state index contributed by atoms with van der Waals surface area (Å²) in [5.41, 5.74) is 2.75. The number of nitrogens with one attached hydrogen (secondary N) is 1. The molecular formula is C18H22N2O2. The number of carbonyl (C=O) groups excluding carboxylic acids is 2. The normalized spacial score (nSPS) is 15.4. The zero-order valence-electron chi connectivity index (χ0n) is 13.2. The van der Waals surface area contributed by atoms with E-state index in [0.717, 1.165) is 29.3 Å². The number of para-hydroxylation sites is 1. The van der Waals surface area contributed by atoms with Crippen molar-refractivity contribution in [3.05, 3.63) is 35.5 Å². The molecule has 0 aliphatic heterocycles. The van der Waals surface area contributed by atoms with E-state index < -0.39 is 0 Å². The molecule has 0 saturated heterocycles. The van der Waals surface area contributed by atoms with E-state index in [1.165, 1.54) is 12.8 Å². The molecular weight excluding hydrogens is 276 g/mol. The molecule has 1 amide bonds. The van der Waals surface area contributed by atoms with Crippen LogP contribution in [0.25, 0.3) is 10.9 Å². The van der Waals surface area contributed by atoms with Gasteiger partial charge in [-0.05, 0) is 32.3 Å². The van der Waals surface area contributed by atoms with Crippen molar-refractivity contribution in [3.8, 4) is 0 Å². The SMILES string of the molecule is CC(=O)c1cn(CC(=O)NC2CCCC2)c2c(C)cccc12. The van der Waals surface area contributed by atoms with E-state index in [1.54, 1.807) is 6.92 Å². The third-order valence-corrected chi connectivity index (χ3v) is 4.51. The number of aromatic nitrogens is 1. The number of hydrogen-bond acceptors (Lipinski definition) is 2. The minimum absolute atomic E-state index is 0.0298. The van der Waals surface area contributed by atoms with Gasteiger partial charge in [0.1, 0.15) is 6.54 Å². The Morgan fingerprint density at radius 2 is 2.00 bits per heavy atom. The summed E-state index contributed by atoms with van der Waals surface area (Å²) in [5, 5.41) is 4.04. The zero-order chi connectivity index (χ0) is 15.7. The van der Waals surface area contributed by atoms with E-state index in [9.17, 15) is 9.59 Å². The van der Waals surface area contributed by atoms with Gasteiger partial charge in [-0.25, -0.2) is 0 Å². The molecule has 1 N–H and O–H groups in total. The standard InChI is InChI=1S/C18H22N2O2/c1-12-6-5-9-15-16(13(2)21)10-20(18(12)15)11-17(22)19-14-7-3-4-8-14/h5-6,9-10,14H,3-4,7-8,11H2,1-2H3,(H,19,22). The molecule has 2 aromatic rings. The fraction of sp³-hybridized carbons (Fsp3) is 0.444. The van der Waals surface area contributed by atoms with Crippen molar-refractivity contribution in [1.29, 1.82) is 0 Å². The molecule has 4 heteroatoms. The number of ketones is 1. The monoisotopic (exact) mass is 298 g/mol. The lowest BCUT2D eigenvalue weighted by Gasteiger charge is -2.13. The molecule has 4 nitrogen and oxygen atoms in total. The van der Waals surface area contributed by atoms with Crippen LogP contribution in [-0.4, -0.2) is 22.3 Å². The molecule has 1 aliphatic carbocycles. The van der Waals surface area contributed by atoms with Gasteiger partial charge < -0.3 is 9.88 Å². The van der Waals surface area contributed by atoms with Crippen LogP contribution in [0.3, 0.4) is 0 Å². The third-order valence-electron chi connectivity index (χ3n) is 4.51. The second-order valence-electron chi connectivity index (χ2n) is 6.25. The van der Waals surface area contributed by atoms with Crippen molar-refractivity contribution in [3.63, 3.8) is 0 Å². The average molecular weight is 298 g/mol. The van der Waals surface area contributed by atoms with Crippen LogP contribution < -0.4 is 5.32 Å². The lowest BCUT2D eigenvalue weighted by atomic mass is 10.1. The predicted molar refractivity (Wildman–Crippen MR) is 87.1 cm³/mol. The van der Waals surface area contributed by atoms with Gasteiger partial charge in [-0.15, -0.1) is 0 Å². The summed E-state index contributed by atoms with van der Waals surface area (Å²) >= 11 is 0. The first-order chi connectivity index (χ1) is 10.6. The van der Waals surface area contributed by atoms with Crippen molar-refractivity contribution in [2.75, 3.05) is 0 Å². The van der Waals surface area contributed by atoms with Crippen LogP contribution in [0.15, 0.2) is 24.4 Å². The van der Waals surface area contributed by atoms with Crippen LogP contribution in [-0.2, 0) is 11.3 Å². The quantitative estimate of drug-likeness (QED) is 0.881. The molecule has 0 unspecified atom stereocenters. The van der Waals surface area contributed by atoms with Crippen LogP contribution in [0.5, 0.6) is 0 Å². The largest absolute Gasteiger partial charge is 0.352 e. The smallest absolute Gasteiger partial charge is 0.240 e. The molecule has 0 radical (unpaired) electrons. The molecule has 3 rings (SSSR count). The molecule has 22 heavy (non-hydrogen) atoms. The minimum atomic E-state index is 0.0298.